The average Bonchev–Trinajstić information content (AvgIpc) is 3.00. The number of aromatic nitrogens is 1. The van der Waals surface area contributed by atoms with Crippen LogP contribution in [-0.2, 0) is 28.3 Å². The molecule has 0 spiro atoms. The molecule has 1 amide bonds. The summed E-state index contributed by atoms with van der Waals surface area (Å²) in [5.74, 6) is -0.918. The number of carbonyl (C=O) groups is 1. The molecule has 1 aromatic carbocycles. The van der Waals surface area contributed by atoms with Gasteiger partial charge in [0.05, 0.1) is 13.0 Å². The van der Waals surface area contributed by atoms with Crippen LogP contribution in [0.15, 0.2) is 29.6 Å². The Hall–Kier alpha value is -1.97. The molecule has 2 rings (SSSR count). The summed E-state index contributed by atoms with van der Waals surface area (Å²) < 4.78 is 45.1. The van der Waals surface area contributed by atoms with Crippen molar-refractivity contribution in [2.75, 3.05) is 7.11 Å². The van der Waals surface area contributed by atoms with Crippen molar-refractivity contribution in [2.24, 2.45) is 0 Å². The number of halogens is 3. The maximum atomic E-state index is 13.4. The van der Waals surface area contributed by atoms with Gasteiger partial charge in [-0.15, -0.1) is 11.3 Å². The monoisotopic (exact) mass is 388 g/mol. The highest BCUT2D eigenvalue weighted by Gasteiger charge is 2.58. The number of thiazole rings is 1. The molecule has 2 N–H and O–H groups in total. The smallest absolute Gasteiger partial charge is 0.380 e. The maximum absolute atomic E-state index is 13.4. The predicted octanol–water partition coefficient (Wildman–Crippen LogP) is 3.05. The molecule has 2 aromatic rings. The highest BCUT2D eigenvalue weighted by atomic mass is 32.1. The topological polar surface area (TPSA) is 71.5 Å². The number of amides is 1. The van der Waals surface area contributed by atoms with Crippen LogP contribution in [0.25, 0.3) is 0 Å². The molecule has 0 saturated heterocycles. The number of aryl methyl sites for hydroxylation is 1. The van der Waals surface area contributed by atoms with Gasteiger partial charge < -0.3 is 15.2 Å². The Morgan fingerprint density at radius 1 is 1.27 bits per heavy atom. The van der Waals surface area contributed by atoms with Crippen molar-refractivity contribution in [3.05, 3.63) is 51.5 Å². The molecule has 26 heavy (non-hydrogen) atoms. The van der Waals surface area contributed by atoms with Crippen LogP contribution < -0.4 is 5.32 Å². The van der Waals surface area contributed by atoms with Gasteiger partial charge in [-0.1, -0.05) is 24.3 Å². The third kappa shape index (κ3) is 4.80. The van der Waals surface area contributed by atoms with Crippen molar-refractivity contribution in [3.8, 4) is 0 Å². The molecule has 1 unspecified atom stereocenters. The molecule has 0 fully saturated rings. The average molecular weight is 388 g/mol. The molecule has 142 valence electrons. The van der Waals surface area contributed by atoms with Crippen molar-refractivity contribution in [2.45, 2.75) is 38.3 Å². The van der Waals surface area contributed by atoms with Crippen molar-refractivity contribution >= 4 is 17.2 Å². The summed E-state index contributed by atoms with van der Waals surface area (Å²) >= 11 is 0.673. The molecule has 1 heterocycles. The molecule has 9 heteroatoms. The fourth-order valence-corrected chi connectivity index (χ4v) is 3.17. The van der Waals surface area contributed by atoms with Gasteiger partial charge in [-0.2, -0.15) is 13.2 Å². The lowest BCUT2D eigenvalue weighted by Crippen LogP contribution is -2.46. The molecule has 0 aliphatic rings. The van der Waals surface area contributed by atoms with Crippen LogP contribution in [0.5, 0.6) is 0 Å². The number of hydrogen-bond acceptors (Lipinski definition) is 5. The fraction of sp³-hybridized carbons (Fsp3) is 0.412. The lowest BCUT2D eigenvalue weighted by Gasteiger charge is -2.27. The van der Waals surface area contributed by atoms with Gasteiger partial charge in [0.2, 0.25) is 11.5 Å². The second kappa shape index (κ2) is 8.15. The zero-order valence-electron chi connectivity index (χ0n) is 14.3. The van der Waals surface area contributed by atoms with E-state index >= 15 is 0 Å². The number of aliphatic hydroxyl groups is 1. The van der Waals surface area contributed by atoms with Crippen LogP contribution in [0.2, 0.25) is 0 Å². The van der Waals surface area contributed by atoms with Crippen LogP contribution in [0, 0.1) is 6.92 Å². The Morgan fingerprint density at radius 3 is 2.38 bits per heavy atom. The zero-order valence-corrected chi connectivity index (χ0v) is 15.1. The van der Waals surface area contributed by atoms with Gasteiger partial charge in [0.25, 0.3) is 0 Å². The minimum atomic E-state index is -5.02. The molecule has 0 aliphatic heterocycles. The summed E-state index contributed by atoms with van der Waals surface area (Å²) in [5, 5.41) is 13.4. The second-order valence-corrected chi connectivity index (χ2v) is 6.71. The summed E-state index contributed by atoms with van der Waals surface area (Å²) in [6.45, 7) is 2.01. The molecule has 1 atom stereocenters. The molecule has 0 saturated carbocycles. The number of rotatable bonds is 7. The molecule has 0 aliphatic carbocycles. The minimum Gasteiger partial charge on any atom is -0.380 e. The lowest BCUT2D eigenvalue weighted by molar-refractivity contribution is -0.267. The quantitative estimate of drug-likeness (QED) is 0.765. The third-order valence-corrected chi connectivity index (χ3v) is 4.79. The van der Waals surface area contributed by atoms with Gasteiger partial charge >= 0.3 is 6.18 Å². The lowest BCUT2D eigenvalue weighted by atomic mass is 9.99. The van der Waals surface area contributed by atoms with E-state index in [4.69, 9.17) is 4.74 Å². The Labute approximate surface area is 152 Å². The number of nitrogens with zero attached hydrogens (tertiary/aromatic N) is 1. The number of benzene rings is 1. The van der Waals surface area contributed by atoms with E-state index in [1.807, 2.05) is 0 Å². The minimum absolute atomic E-state index is 0.0525. The summed E-state index contributed by atoms with van der Waals surface area (Å²) in [4.78, 5) is 15.7. The van der Waals surface area contributed by atoms with Gasteiger partial charge in [0, 0.05) is 24.7 Å². The number of carbonyl (C=O) groups excluding carboxylic acids is 1. The second-order valence-electron chi connectivity index (χ2n) is 5.86. The summed E-state index contributed by atoms with van der Waals surface area (Å²) in [7, 11) is 1.57. The van der Waals surface area contributed by atoms with Crippen molar-refractivity contribution in [3.63, 3.8) is 0 Å². The summed E-state index contributed by atoms with van der Waals surface area (Å²) in [6.07, 6.45) is -6.17. The summed E-state index contributed by atoms with van der Waals surface area (Å²) in [5.41, 5.74) is -1.30. The number of hydrogen-bond donors (Lipinski definition) is 2. The van der Waals surface area contributed by atoms with Gasteiger partial charge in [-0.3, -0.25) is 4.79 Å². The number of ether oxygens (including phenoxy) is 1. The first-order valence-corrected chi connectivity index (χ1v) is 8.59. The SMILES string of the molecule is COCc1ccc(CNC(=O)CC(O)(c2nc(C)cs2)C(F)(F)F)cc1. The van der Waals surface area contributed by atoms with Gasteiger partial charge in [0.15, 0.2) is 0 Å². The molecule has 0 radical (unpaired) electrons. The first-order chi connectivity index (χ1) is 12.2. The number of alkyl halides is 3. The van der Waals surface area contributed by atoms with Crippen LogP contribution >= 0.6 is 11.3 Å². The standard InChI is InChI=1S/C17H19F3N2O3S/c1-11-10-26-15(22-11)16(24,17(18,19)20)7-14(23)21-8-12-3-5-13(6-4-12)9-25-2/h3-6,10,24H,7-9H2,1-2H3,(H,21,23). The Bertz CT molecular complexity index is 746. The number of methoxy groups -OCH3 is 1. The van der Waals surface area contributed by atoms with E-state index in [2.05, 4.69) is 10.3 Å². The highest BCUT2D eigenvalue weighted by molar-refractivity contribution is 7.09. The normalized spacial score (nSPS) is 14.1. The van der Waals surface area contributed by atoms with Crippen LogP contribution in [0.4, 0.5) is 13.2 Å². The molecular weight excluding hydrogens is 369 g/mol. The Balaban J connectivity index is 2.03. The Kier molecular flexibility index (Phi) is 6.38. The first kappa shape index (κ1) is 20.3. The van der Waals surface area contributed by atoms with Crippen molar-refractivity contribution in [1.29, 1.82) is 0 Å². The van der Waals surface area contributed by atoms with Gasteiger partial charge in [-0.25, -0.2) is 4.98 Å². The Morgan fingerprint density at radius 2 is 1.88 bits per heavy atom. The van der Waals surface area contributed by atoms with E-state index < -0.39 is 29.1 Å². The van der Waals surface area contributed by atoms with Crippen LogP contribution in [0.1, 0.15) is 28.2 Å². The molecule has 1 aromatic heterocycles. The van der Waals surface area contributed by atoms with Crippen molar-refractivity contribution < 1.29 is 27.8 Å². The van der Waals surface area contributed by atoms with Crippen LogP contribution in [-0.4, -0.2) is 29.3 Å². The number of nitrogens with one attached hydrogen (secondary N) is 1. The van der Waals surface area contributed by atoms with E-state index in [1.54, 1.807) is 31.4 Å². The van der Waals surface area contributed by atoms with Gasteiger partial charge in [-0.05, 0) is 18.1 Å². The van der Waals surface area contributed by atoms with Gasteiger partial charge in [0.1, 0.15) is 5.01 Å². The maximum Gasteiger partial charge on any atom is 0.424 e. The first-order valence-electron chi connectivity index (χ1n) is 7.71. The molecule has 5 nitrogen and oxygen atoms in total. The van der Waals surface area contributed by atoms with E-state index in [9.17, 15) is 23.1 Å². The third-order valence-electron chi connectivity index (χ3n) is 3.68. The molecular formula is C17H19F3N2O3S. The largest absolute Gasteiger partial charge is 0.424 e. The molecule has 0 bridgehead atoms. The van der Waals surface area contributed by atoms with E-state index in [0.29, 0.717) is 23.6 Å². The zero-order chi connectivity index (χ0) is 19.4. The van der Waals surface area contributed by atoms with E-state index in [-0.39, 0.29) is 6.54 Å². The highest BCUT2D eigenvalue weighted by Crippen LogP contribution is 2.42. The fourth-order valence-electron chi connectivity index (χ4n) is 2.26. The van der Waals surface area contributed by atoms with E-state index in [0.717, 1.165) is 11.1 Å². The van der Waals surface area contributed by atoms with E-state index in [1.165, 1.54) is 12.3 Å². The summed E-state index contributed by atoms with van der Waals surface area (Å²) in [6, 6.07) is 7.09. The predicted molar refractivity (Wildman–Crippen MR) is 90.4 cm³/mol. The van der Waals surface area contributed by atoms with Crippen molar-refractivity contribution in [1.82, 2.24) is 10.3 Å². The van der Waals surface area contributed by atoms with Crippen LogP contribution in [0.3, 0.4) is 0 Å².